The summed E-state index contributed by atoms with van der Waals surface area (Å²) in [7, 11) is 3.29. The average Bonchev–Trinajstić information content (AvgIpc) is 2.57. The first-order valence-corrected chi connectivity index (χ1v) is 5.69. The van der Waals surface area contributed by atoms with Crippen molar-refractivity contribution in [2.45, 2.75) is 32.7 Å². The molecule has 0 fully saturated rings. The van der Waals surface area contributed by atoms with E-state index in [-0.39, 0.29) is 11.3 Å². The zero-order valence-electron chi connectivity index (χ0n) is 11.2. The number of hydrogen-bond donors (Lipinski definition) is 1. The van der Waals surface area contributed by atoms with Crippen LogP contribution in [0.25, 0.3) is 0 Å². The minimum Gasteiger partial charge on any atom is -0.493 e. The van der Waals surface area contributed by atoms with Gasteiger partial charge in [-0.15, -0.1) is 0 Å². The molecule has 1 aromatic heterocycles. The molecule has 0 aliphatic heterocycles. The molecule has 1 aromatic rings. The number of hydrogen-bond acceptors (Lipinski definition) is 4. The van der Waals surface area contributed by atoms with Crippen molar-refractivity contribution in [1.29, 1.82) is 0 Å². The molecular formula is C12H21N3O2. The van der Waals surface area contributed by atoms with E-state index in [0.29, 0.717) is 24.4 Å². The van der Waals surface area contributed by atoms with E-state index in [1.807, 2.05) is 0 Å². The van der Waals surface area contributed by atoms with E-state index in [1.165, 1.54) is 0 Å². The quantitative estimate of drug-likeness (QED) is 0.789. The number of nitrogens with one attached hydrogen (secondary N) is 1. The fourth-order valence-electron chi connectivity index (χ4n) is 1.55. The number of methoxy groups -OCH3 is 1. The van der Waals surface area contributed by atoms with Gasteiger partial charge in [-0.25, -0.2) is 0 Å². The van der Waals surface area contributed by atoms with Crippen LogP contribution in [-0.2, 0) is 7.05 Å². The molecule has 1 N–H and O–H groups in total. The highest BCUT2D eigenvalue weighted by Gasteiger charge is 2.18. The summed E-state index contributed by atoms with van der Waals surface area (Å²) in [6.07, 6.45) is 2.00. The lowest BCUT2D eigenvalue weighted by Gasteiger charge is -2.20. The maximum absolute atomic E-state index is 12.0. The van der Waals surface area contributed by atoms with Gasteiger partial charge in [-0.2, -0.15) is 5.10 Å². The molecule has 0 spiro atoms. The molecule has 0 saturated heterocycles. The number of nitrogens with zero attached hydrogens (tertiary/aromatic N) is 2. The summed E-state index contributed by atoms with van der Waals surface area (Å²) in [4.78, 5) is 12.0. The van der Waals surface area contributed by atoms with Crippen LogP contribution < -0.4 is 10.1 Å². The van der Waals surface area contributed by atoms with E-state index < -0.39 is 0 Å². The Balaban J connectivity index is 2.61. The van der Waals surface area contributed by atoms with Gasteiger partial charge in [0.2, 0.25) is 0 Å². The van der Waals surface area contributed by atoms with Gasteiger partial charge in [0.15, 0.2) is 11.5 Å². The second kappa shape index (κ2) is 5.31. The predicted molar refractivity (Wildman–Crippen MR) is 66.5 cm³/mol. The fourth-order valence-corrected chi connectivity index (χ4v) is 1.55. The summed E-state index contributed by atoms with van der Waals surface area (Å²) in [6, 6.07) is 0. The standard InChI is InChI=1S/C12H21N3O2/c1-12(2,3)13-7-6-9(16)11-10(17-5)8-14-15(11)4/h8,13H,6-7H2,1-5H3. The van der Waals surface area contributed by atoms with Gasteiger partial charge in [0.05, 0.1) is 13.3 Å². The van der Waals surface area contributed by atoms with Crippen molar-refractivity contribution < 1.29 is 9.53 Å². The molecule has 0 aromatic carbocycles. The third-order valence-corrected chi connectivity index (χ3v) is 2.40. The topological polar surface area (TPSA) is 56.2 Å². The molecule has 96 valence electrons. The number of rotatable bonds is 5. The largest absolute Gasteiger partial charge is 0.493 e. The second-order valence-corrected chi connectivity index (χ2v) is 5.04. The van der Waals surface area contributed by atoms with Gasteiger partial charge in [-0.05, 0) is 20.8 Å². The molecule has 5 nitrogen and oxygen atoms in total. The first kappa shape index (κ1) is 13.7. The van der Waals surface area contributed by atoms with Crippen LogP contribution in [0.1, 0.15) is 37.7 Å². The van der Waals surface area contributed by atoms with Gasteiger partial charge in [0.25, 0.3) is 0 Å². The van der Waals surface area contributed by atoms with Crippen molar-refractivity contribution in [3.8, 4) is 5.75 Å². The number of carbonyl (C=O) groups is 1. The van der Waals surface area contributed by atoms with E-state index in [2.05, 4.69) is 31.2 Å². The molecule has 0 unspecified atom stereocenters. The molecular weight excluding hydrogens is 218 g/mol. The third-order valence-electron chi connectivity index (χ3n) is 2.40. The number of ether oxygens (including phenoxy) is 1. The second-order valence-electron chi connectivity index (χ2n) is 5.04. The molecule has 1 rings (SSSR count). The van der Waals surface area contributed by atoms with E-state index in [9.17, 15) is 4.79 Å². The Kier molecular flexibility index (Phi) is 4.28. The van der Waals surface area contributed by atoms with Gasteiger partial charge in [-0.3, -0.25) is 9.48 Å². The van der Waals surface area contributed by atoms with E-state index in [4.69, 9.17) is 4.74 Å². The summed E-state index contributed by atoms with van der Waals surface area (Å²) in [5.74, 6) is 0.576. The third kappa shape index (κ3) is 3.85. The van der Waals surface area contributed by atoms with Crippen molar-refractivity contribution in [2.24, 2.45) is 7.05 Å². The lowest BCUT2D eigenvalue weighted by atomic mass is 10.1. The maximum atomic E-state index is 12.0. The highest BCUT2D eigenvalue weighted by atomic mass is 16.5. The van der Waals surface area contributed by atoms with E-state index in [1.54, 1.807) is 25.0 Å². The van der Waals surface area contributed by atoms with Gasteiger partial charge in [-0.1, -0.05) is 0 Å². The monoisotopic (exact) mass is 239 g/mol. The first-order valence-electron chi connectivity index (χ1n) is 5.69. The maximum Gasteiger partial charge on any atom is 0.185 e. The molecule has 17 heavy (non-hydrogen) atoms. The number of aromatic nitrogens is 2. The zero-order valence-corrected chi connectivity index (χ0v) is 11.2. The van der Waals surface area contributed by atoms with E-state index >= 15 is 0 Å². The van der Waals surface area contributed by atoms with Crippen LogP contribution in [0.3, 0.4) is 0 Å². The lowest BCUT2D eigenvalue weighted by molar-refractivity contribution is 0.0968. The normalized spacial score (nSPS) is 11.6. The number of ketones is 1. The Morgan fingerprint density at radius 1 is 1.53 bits per heavy atom. The van der Waals surface area contributed by atoms with Crippen molar-refractivity contribution in [2.75, 3.05) is 13.7 Å². The molecule has 0 saturated carbocycles. The smallest absolute Gasteiger partial charge is 0.185 e. The zero-order chi connectivity index (χ0) is 13.1. The number of aryl methyl sites for hydroxylation is 1. The van der Waals surface area contributed by atoms with Crippen LogP contribution >= 0.6 is 0 Å². The van der Waals surface area contributed by atoms with Crippen LogP contribution in [0.2, 0.25) is 0 Å². The Hall–Kier alpha value is -1.36. The van der Waals surface area contributed by atoms with E-state index in [0.717, 1.165) is 0 Å². The molecule has 0 atom stereocenters. The van der Waals surface area contributed by atoms with Crippen molar-refractivity contribution >= 4 is 5.78 Å². The summed E-state index contributed by atoms with van der Waals surface area (Å²) in [6.45, 7) is 6.86. The molecule has 0 radical (unpaired) electrons. The van der Waals surface area contributed by atoms with Crippen molar-refractivity contribution in [3.63, 3.8) is 0 Å². The lowest BCUT2D eigenvalue weighted by Crippen LogP contribution is -2.37. The summed E-state index contributed by atoms with van der Waals surface area (Å²) >= 11 is 0. The summed E-state index contributed by atoms with van der Waals surface area (Å²) in [5, 5.41) is 7.30. The summed E-state index contributed by atoms with van der Waals surface area (Å²) in [5.41, 5.74) is 0.555. The van der Waals surface area contributed by atoms with Crippen LogP contribution in [0.15, 0.2) is 6.20 Å². The van der Waals surface area contributed by atoms with Gasteiger partial charge >= 0.3 is 0 Å². The molecule has 0 bridgehead atoms. The molecule has 0 aliphatic carbocycles. The molecule has 0 amide bonds. The van der Waals surface area contributed by atoms with Gasteiger partial charge in [0, 0.05) is 25.6 Å². The Labute approximate surface area is 102 Å². The Morgan fingerprint density at radius 2 is 2.18 bits per heavy atom. The van der Waals surface area contributed by atoms with Gasteiger partial charge in [0.1, 0.15) is 5.69 Å². The highest BCUT2D eigenvalue weighted by molar-refractivity contribution is 5.97. The first-order chi connectivity index (χ1) is 7.85. The van der Waals surface area contributed by atoms with Crippen LogP contribution in [0.4, 0.5) is 0 Å². The van der Waals surface area contributed by atoms with Crippen LogP contribution in [0, 0.1) is 0 Å². The Morgan fingerprint density at radius 3 is 2.71 bits per heavy atom. The highest BCUT2D eigenvalue weighted by Crippen LogP contribution is 2.18. The van der Waals surface area contributed by atoms with Crippen LogP contribution in [0.5, 0.6) is 5.75 Å². The minimum absolute atomic E-state index is 0.0246. The minimum atomic E-state index is 0.0246. The summed E-state index contributed by atoms with van der Waals surface area (Å²) < 4.78 is 6.66. The SMILES string of the molecule is COc1cnn(C)c1C(=O)CCNC(C)(C)C. The van der Waals surface area contributed by atoms with Crippen molar-refractivity contribution in [1.82, 2.24) is 15.1 Å². The fraction of sp³-hybridized carbons (Fsp3) is 0.667. The Bertz CT molecular complexity index is 391. The number of Topliss-reactive ketones (excluding diaryl/α,β-unsaturated/α-hetero) is 1. The molecule has 5 heteroatoms. The molecule has 1 heterocycles. The molecule has 0 aliphatic rings. The average molecular weight is 239 g/mol. The van der Waals surface area contributed by atoms with Gasteiger partial charge < -0.3 is 10.1 Å². The van der Waals surface area contributed by atoms with Crippen molar-refractivity contribution in [3.05, 3.63) is 11.9 Å². The predicted octanol–water partition coefficient (Wildman–Crippen LogP) is 1.39. The number of carbonyl (C=O) groups excluding carboxylic acids is 1. The van der Waals surface area contributed by atoms with Crippen LogP contribution in [-0.4, -0.2) is 34.8 Å².